The third kappa shape index (κ3) is 5.04. The molecule has 0 spiro atoms. The molecule has 0 radical (unpaired) electrons. The molecule has 1 amide bonds. The van der Waals surface area contributed by atoms with Crippen LogP contribution in [0.3, 0.4) is 0 Å². The number of imidazole rings is 1. The van der Waals surface area contributed by atoms with E-state index in [1.165, 1.54) is 7.11 Å². The van der Waals surface area contributed by atoms with Crippen LogP contribution in [0, 0.1) is 6.92 Å². The molecule has 0 saturated carbocycles. The molecular formula is C30H32N4O5. The summed E-state index contributed by atoms with van der Waals surface area (Å²) in [6.07, 6.45) is 1.94. The second-order valence-electron chi connectivity index (χ2n) is 10.8. The Morgan fingerprint density at radius 1 is 1.03 bits per heavy atom. The highest BCUT2D eigenvalue weighted by molar-refractivity contribution is 5.90. The number of nitrogens with zero attached hydrogens (tertiary/aromatic N) is 4. The molecule has 0 unspecified atom stereocenters. The third-order valence-corrected chi connectivity index (χ3v) is 6.89. The molecule has 1 aliphatic rings. The quantitative estimate of drug-likeness (QED) is 0.341. The highest BCUT2D eigenvalue weighted by Crippen LogP contribution is 2.29. The minimum Gasteiger partial charge on any atom is -0.465 e. The number of likely N-dealkylation sites (tertiary alicyclic amines) is 1. The lowest BCUT2D eigenvalue weighted by atomic mass is 10.0. The van der Waals surface area contributed by atoms with Crippen LogP contribution in [0.1, 0.15) is 49.2 Å². The van der Waals surface area contributed by atoms with E-state index in [1.54, 1.807) is 32.4 Å². The number of pyridine rings is 1. The maximum Gasteiger partial charge on any atom is 0.410 e. The van der Waals surface area contributed by atoms with E-state index in [4.69, 9.17) is 9.47 Å². The molecule has 1 saturated heterocycles. The molecule has 1 atom stereocenters. The van der Waals surface area contributed by atoms with Crippen molar-refractivity contribution < 1.29 is 19.1 Å². The number of methoxy groups -OCH3 is 1. The monoisotopic (exact) mass is 528 g/mol. The molecule has 4 aromatic rings. The number of esters is 1. The zero-order valence-corrected chi connectivity index (χ0v) is 22.8. The van der Waals surface area contributed by atoms with Crippen LogP contribution in [-0.4, -0.2) is 56.9 Å². The van der Waals surface area contributed by atoms with E-state index in [2.05, 4.69) is 4.98 Å². The average molecular weight is 529 g/mol. The first-order valence-corrected chi connectivity index (χ1v) is 12.9. The lowest BCUT2D eigenvalue weighted by Crippen LogP contribution is -2.36. The van der Waals surface area contributed by atoms with E-state index in [0.717, 1.165) is 22.4 Å². The summed E-state index contributed by atoms with van der Waals surface area (Å²) in [5.74, 6) is -0.381. The molecule has 2 aromatic heterocycles. The second kappa shape index (κ2) is 10.1. The Labute approximate surface area is 226 Å². The van der Waals surface area contributed by atoms with E-state index in [-0.39, 0.29) is 23.8 Å². The zero-order chi connectivity index (χ0) is 27.9. The van der Waals surface area contributed by atoms with Crippen LogP contribution in [0.25, 0.3) is 28.0 Å². The fourth-order valence-electron chi connectivity index (χ4n) is 5.06. The molecule has 2 aromatic carbocycles. The minimum absolute atomic E-state index is 0.196. The van der Waals surface area contributed by atoms with Gasteiger partial charge >= 0.3 is 17.8 Å². The Morgan fingerprint density at radius 3 is 2.41 bits per heavy atom. The lowest BCUT2D eigenvalue weighted by Gasteiger charge is -2.24. The van der Waals surface area contributed by atoms with Gasteiger partial charge in [-0.1, -0.05) is 18.2 Å². The number of hydrogen-bond donors (Lipinski definition) is 0. The predicted molar refractivity (Wildman–Crippen MR) is 148 cm³/mol. The maximum absolute atomic E-state index is 13.9. The highest BCUT2D eigenvalue weighted by Gasteiger charge is 2.33. The summed E-state index contributed by atoms with van der Waals surface area (Å²) in [5.41, 5.74) is 4.57. The predicted octanol–water partition coefficient (Wildman–Crippen LogP) is 5.13. The molecule has 0 N–H and O–H groups in total. The molecule has 1 fully saturated rings. The summed E-state index contributed by atoms with van der Waals surface area (Å²) >= 11 is 0. The van der Waals surface area contributed by atoms with E-state index < -0.39 is 5.60 Å². The van der Waals surface area contributed by atoms with E-state index in [9.17, 15) is 14.4 Å². The van der Waals surface area contributed by atoms with Crippen molar-refractivity contribution >= 4 is 23.2 Å². The van der Waals surface area contributed by atoms with Gasteiger partial charge < -0.3 is 14.4 Å². The number of aromatic nitrogens is 3. The first kappa shape index (κ1) is 26.2. The van der Waals surface area contributed by atoms with E-state index >= 15 is 0 Å². The number of aryl methyl sites for hydroxylation is 1. The van der Waals surface area contributed by atoms with Gasteiger partial charge in [0.25, 0.3) is 0 Å². The highest BCUT2D eigenvalue weighted by atomic mass is 16.6. The molecule has 9 nitrogen and oxygen atoms in total. The van der Waals surface area contributed by atoms with Crippen LogP contribution < -0.4 is 5.69 Å². The Kier molecular flexibility index (Phi) is 6.76. The van der Waals surface area contributed by atoms with Gasteiger partial charge in [0.1, 0.15) is 5.60 Å². The molecule has 9 heteroatoms. The number of ether oxygens (including phenoxy) is 2. The maximum atomic E-state index is 13.9. The summed E-state index contributed by atoms with van der Waals surface area (Å²) in [5, 5.41) is 0. The lowest BCUT2D eigenvalue weighted by molar-refractivity contribution is 0.0288. The summed E-state index contributed by atoms with van der Waals surface area (Å²) in [6, 6.07) is 16.6. The molecule has 0 aliphatic carbocycles. The fourth-order valence-corrected chi connectivity index (χ4v) is 5.06. The van der Waals surface area contributed by atoms with Crippen molar-refractivity contribution in [3.05, 3.63) is 82.4 Å². The molecule has 39 heavy (non-hydrogen) atoms. The summed E-state index contributed by atoms with van der Waals surface area (Å²) in [6.45, 7) is 8.37. The van der Waals surface area contributed by atoms with Crippen molar-refractivity contribution in [1.29, 1.82) is 0 Å². The van der Waals surface area contributed by atoms with Gasteiger partial charge in [0, 0.05) is 19.3 Å². The first-order chi connectivity index (χ1) is 18.6. The van der Waals surface area contributed by atoms with Crippen molar-refractivity contribution in [2.24, 2.45) is 0 Å². The summed E-state index contributed by atoms with van der Waals surface area (Å²) in [4.78, 5) is 44.6. The Bertz CT molecular complexity index is 1610. The molecule has 1 aliphatic heterocycles. The largest absolute Gasteiger partial charge is 0.465 e. The molecule has 202 valence electrons. The molecule has 3 heterocycles. The van der Waals surface area contributed by atoms with Crippen molar-refractivity contribution in [2.75, 3.05) is 20.2 Å². The molecule has 0 bridgehead atoms. The van der Waals surface area contributed by atoms with Gasteiger partial charge in [0.05, 0.1) is 29.9 Å². The third-order valence-electron chi connectivity index (χ3n) is 6.89. The summed E-state index contributed by atoms with van der Waals surface area (Å²) < 4.78 is 13.7. The van der Waals surface area contributed by atoms with Gasteiger partial charge in [-0.15, -0.1) is 0 Å². The number of carbonyl (C=O) groups excluding carboxylic acids is 2. The Morgan fingerprint density at radius 2 is 1.74 bits per heavy atom. The average Bonchev–Trinajstić information content (AvgIpc) is 3.50. The number of carbonyl (C=O) groups is 2. The molecular weight excluding hydrogens is 496 g/mol. The van der Waals surface area contributed by atoms with Crippen LogP contribution in [-0.2, 0) is 9.47 Å². The van der Waals surface area contributed by atoms with Crippen LogP contribution in [0.4, 0.5) is 4.79 Å². The topological polar surface area (TPSA) is 95.7 Å². The van der Waals surface area contributed by atoms with E-state index in [1.807, 2.05) is 70.2 Å². The van der Waals surface area contributed by atoms with Gasteiger partial charge in [-0.25, -0.2) is 19.4 Å². The van der Waals surface area contributed by atoms with Crippen LogP contribution in [0.15, 0.2) is 65.6 Å². The first-order valence-electron chi connectivity index (χ1n) is 12.9. The van der Waals surface area contributed by atoms with Gasteiger partial charge in [0.2, 0.25) is 0 Å². The van der Waals surface area contributed by atoms with Gasteiger partial charge in [0.15, 0.2) is 5.65 Å². The standard InChI is InChI=1S/C30H32N4O5/c1-19-17-22(20-8-10-21(11-9-20)27(35)38-5)12-13-24(19)34-25-7-6-15-31-26(25)33(28(34)36)23-14-16-32(18-23)29(37)39-30(2,3)4/h6-13,15,17,23H,14,16,18H2,1-5H3/t23-/m1/s1. The van der Waals surface area contributed by atoms with Crippen LogP contribution in [0.5, 0.6) is 0 Å². The SMILES string of the molecule is COC(=O)c1ccc(-c2ccc(-n3c(=O)n([C@@H]4CCN(C(=O)OC(C)(C)C)C4)c4ncccc43)c(C)c2)cc1. The minimum atomic E-state index is -0.587. The van der Waals surface area contributed by atoms with E-state index in [0.29, 0.717) is 36.2 Å². The van der Waals surface area contributed by atoms with Crippen molar-refractivity contribution in [3.63, 3.8) is 0 Å². The van der Waals surface area contributed by atoms with Crippen LogP contribution >= 0.6 is 0 Å². The van der Waals surface area contributed by atoms with Crippen molar-refractivity contribution in [3.8, 4) is 16.8 Å². The van der Waals surface area contributed by atoms with Crippen molar-refractivity contribution in [2.45, 2.75) is 45.8 Å². The number of hydrogen-bond acceptors (Lipinski definition) is 6. The number of rotatable bonds is 4. The molecule has 5 rings (SSSR count). The number of fused-ring (bicyclic) bond motifs is 1. The number of amides is 1. The van der Waals surface area contributed by atoms with Crippen molar-refractivity contribution in [1.82, 2.24) is 19.0 Å². The second-order valence-corrected chi connectivity index (χ2v) is 10.8. The fraction of sp³-hybridized carbons (Fsp3) is 0.333. The van der Waals surface area contributed by atoms with Gasteiger partial charge in [-0.2, -0.15) is 0 Å². The smallest absolute Gasteiger partial charge is 0.410 e. The summed E-state index contributed by atoms with van der Waals surface area (Å²) in [7, 11) is 1.36. The number of benzene rings is 2. The van der Waals surface area contributed by atoms with Gasteiger partial charge in [-0.3, -0.25) is 9.13 Å². The zero-order valence-electron chi connectivity index (χ0n) is 22.8. The Hall–Kier alpha value is -4.40. The normalized spacial score (nSPS) is 15.5. The van der Waals surface area contributed by atoms with Gasteiger partial charge in [-0.05, 0) is 87.2 Å². The Balaban J connectivity index is 1.49. The van der Waals surface area contributed by atoms with Crippen LogP contribution in [0.2, 0.25) is 0 Å².